The lowest BCUT2D eigenvalue weighted by molar-refractivity contribution is -0.242. The molecule has 5 nitrogen and oxygen atoms in total. The van der Waals surface area contributed by atoms with Gasteiger partial charge in [-0.05, 0) is 105 Å². The smallest absolute Gasteiger partial charge is 0.306 e. The highest BCUT2D eigenvalue weighted by atomic mass is 28.4. The van der Waals surface area contributed by atoms with Gasteiger partial charge in [-0.2, -0.15) is 0 Å². The van der Waals surface area contributed by atoms with Gasteiger partial charge in [0.15, 0.2) is 16.6 Å². The molecule has 1 N–H and O–H groups in total. The summed E-state index contributed by atoms with van der Waals surface area (Å²) in [6, 6.07) is 0. The first kappa shape index (κ1) is 32.7. The number of hydrogen-bond acceptors (Lipinski definition) is 5. The van der Waals surface area contributed by atoms with E-state index < -0.39 is 28.3 Å². The molecule has 0 radical (unpaired) electrons. The van der Waals surface area contributed by atoms with Crippen LogP contribution in [0.1, 0.15) is 114 Å². The molecule has 1 unspecified atom stereocenters. The Morgan fingerprint density at radius 2 is 1.45 bits per heavy atom. The van der Waals surface area contributed by atoms with Gasteiger partial charge in [0, 0.05) is 18.3 Å². The van der Waals surface area contributed by atoms with Gasteiger partial charge in [-0.25, -0.2) is 0 Å². The van der Waals surface area contributed by atoms with Gasteiger partial charge >= 0.3 is 5.97 Å². The molecule has 1 aliphatic heterocycles. The van der Waals surface area contributed by atoms with E-state index in [9.17, 15) is 9.90 Å². The van der Waals surface area contributed by atoms with Gasteiger partial charge in [0.05, 0.1) is 18.3 Å². The SMILES string of the molecule is CC(O)C[C@]1(C)[C@H]2CC[C@]3(C)[C@@H](O[Si](C)(C)C(C)(C)C)CC[C@H]3[C@@H]2C[C@@H](O[Si](C)(C)C(C)(C)C)[C@@]12CCC(=O)O2. The molecular weight excluding hydrogens is 533 g/mol. The monoisotopic (exact) mass is 594 g/mol. The van der Waals surface area contributed by atoms with Crippen molar-refractivity contribution in [2.75, 3.05) is 0 Å². The maximum Gasteiger partial charge on any atom is 0.306 e. The van der Waals surface area contributed by atoms with Crippen LogP contribution < -0.4 is 0 Å². The first-order valence-electron chi connectivity index (χ1n) is 16.3. The zero-order valence-corrected chi connectivity index (χ0v) is 30.2. The molecule has 1 saturated heterocycles. The molecule has 1 spiro atoms. The van der Waals surface area contributed by atoms with Crippen LogP contribution in [0.3, 0.4) is 0 Å². The summed E-state index contributed by atoms with van der Waals surface area (Å²) in [7, 11) is -4.06. The standard InChI is InChI=1S/C33H62O5Si2/c1-22(34)21-32(9)25-16-18-31(8)24(14-15-26(31)37-39(10,11)29(2,3)4)23(25)20-27(33(32)19-17-28(35)36-33)38-40(12,13)30(5,6)7/h22-27,34H,14-21H2,1-13H3/t22?,23-,24-,25-,26-,27+,31-,32+,33-/m0/s1. The second kappa shape index (κ2) is 10.2. The van der Waals surface area contributed by atoms with Gasteiger partial charge in [-0.3, -0.25) is 4.79 Å². The number of aliphatic hydroxyl groups is 1. The van der Waals surface area contributed by atoms with E-state index in [0.29, 0.717) is 43.1 Å². The summed E-state index contributed by atoms with van der Waals surface area (Å²) < 4.78 is 21.1. The van der Waals surface area contributed by atoms with Crippen molar-refractivity contribution in [2.45, 2.75) is 174 Å². The number of carbonyl (C=O) groups is 1. The zero-order chi connectivity index (χ0) is 30.3. The molecule has 4 aliphatic rings. The van der Waals surface area contributed by atoms with E-state index in [1.165, 1.54) is 6.42 Å². The Labute approximate surface area is 248 Å². The average Bonchev–Trinajstić information content (AvgIpc) is 3.31. The molecule has 3 aliphatic carbocycles. The molecule has 0 aromatic rings. The van der Waals surface area contributed by atoms with Crippen molar-refractivity contribution in [1.29, 1.82) is 0 Å². The average molecular weight is 595 g/mol. The van der Waals surface area contributed by atoms with Crippen LogP contribution in [-0.4, -0.2) is 51.6 Å². The fraction of sp³-hybridized carbons (Fsp3) is 0.970. The van der Waals surface area contributed by atoms with Crippen LogP contribution in [0, 0.1) is 28.6 Å². The van der Waals surface area contributed by atoms with Crippen LogP contribution in [0.5, 0.6) is 0 Å². The van der Waals surface area contributed by atoms with Crippen molar-refractivity contribution in [3.63, 3.8) is 0 Å². The van der Waals surface area contributed by atoms with Crippen LogP contribution in [0.4, 0.5) is 0 Å². The van der Waals surface area contributed by atoms with Crippen LogP contribution in [-0.2, 0) is 18.4 Å². The van der Waals surface area contributed by atoms with Gasteiger partial charge in [0.1, 0.15) is 5.60 Å². The predicted molar refractivity (Wildman–Crippen MR) is 168 cm³/mol. The first-order chi connectivity index (χ1) is 18.0. The Kier molecular flexibility index (Phi) is 8.31. The summed E-state index contributed by atoms with van der Waals surface area (Å²) in [6.07, 6.45) is 7.05. The van der Waals surface area contributed by atoms with Gasteiger partial charge in [-0.1, -0.05) is 55.4 Å². The van der Waals surface area contributed by atoms with Crippen LogP contribution in [0.2, 0.25) is 36.3 Å². The van der Waals surface area contributed by atoms with E-state index in [1.54, 1.807) is 0 Å². The van der Waals surface area contributed by atoms with Gasteiger partial charge < -0.3 is 18.7 Å². The number of ether oxygens (including phenoxy) is 1. The molecule has 7 heteroatoms. The van der Waals surface area contributed by atoms with E-state index in [-0.39, 0.29) is 33.0 Å². The number of rotatable bonds is 6. The molecule has 4 fully saturated rings. The van der Waals surface area contributed by atoms with Crippen LogP contribution >= 0.6 is 0 Å². The number of esters is 1. The Balaban J connectivity index is 1.76. The molecule has 232 valence electrons. The third-order valence-corrected chi connectivity index (χ3v) is 22.3. The third-order valence-electron chi connectivity index (χ3n) is 13.3. The minimum atomic E-state index is -2.16. The summed E-state index contributed by atoms with van der Waals surface area (Å²) in [5.41, 5.74) is -0.842. The maximum absolute atomic E-state index is 12.9. The number of fused-ring (bicyclic) bond motifs is 3. The summed E-state index contributed by atoms with van der Waals surface area (Å²) >= 11 is 0. The molecule has 3 saturated carbocycles. The minimum absolute atomic E-state index is 0.0604. The van der Waals surface area contributed by atoms with Gasteiger partial charge in [0.25, 0.3) is 0 Å². The Morgan fingerprint density at radius 1 is 0.900 bits per heavy atom. The lowest BCUT2D eigenvalue weighted by Gasteiger charge is -2.65. The van der Waals surface area contributed by atoms with Crippen molar-refractivity contribution < 1.29 is 23.5 Å². The summed E-state index contributed by atoms with van der Waals surface area (Å²) in [4.78, 5) is 12.9. The van der Waals surface area contributed by atoms with Crippen LogP contribution in [0.25, 0.3) is 0 Å². The Hall–Kier alpha value is -0.216. The first-order valence-corrected chi connectivity index (χ1v) is 22.1. The number of hydrogen-bond donors (Lipinski definition) is 1. The molecule has 0 aromatic heterocycles. The largest absolute Gasteiger partial charge is 0.456 e. The van der Waals surface area contributed by atoms with Gasteiger partial charge in [0.2, 0.25) is 0 Å². The van der Waals surface area contributed by atoms with Crippen molar-refractivity contribution in [3.05, 3.63) is 0 Å². The highest BCUT2D eigenvalue weighted by molar-refractivity contribution is 6.74. The number of aliphatic hydroxyl groups excluding tert-OH is 1. The lowest BCUT2D eigenvalue weighted by Crippen LogP contribution is -2.69. The number of carbonyl (C=O) groups excluding carboxylic acids is 1. The molecule has 9 atom stereocenters. The highest BCUT2D eigenvalue weighted by Crippen LogP contribution is 2.69. The van der Waals surface area contributed by atoms with Crippen LogP contribution in [0.15, 0.2) is 0 Å². The molecular formula is C33H62O5Si2. The molecule has 40 heavy (non-hydrogen) atoms. The van der Waals surface area contributed by atoms with E-state index in [2.05, 4.69) is 81.6 Å². The van der Waals surface area contributed by atoms with E-state index in [4.69, 9.17) is 13.6 Å². The Bertz CT molecular complexity index is 965. The van der Waals surface area contributed by atoms with Crippen molar-refractivity contribution in [2.24, 2.45) is 28.6 Å². The normalized spacial score (nSPS) is 41.5. The fourth-order valence-electron chi connectivity index (χ4n) is 9.04. The van der Waals surface area contributed by atoms with Gasteiger partial charge in [-0.15, -0.1) is 0 Å². The molecule has 0 bridgehead atoms. The van der Waals surface area contributed by atoms with Crippen molar-refractivity contribution in [3.8, 4) is 0 Å². The third kappa shape index (κ3) is 5.13. The summed E-state index contributed by atoms with van der Waals surface area (Å²) in [5, 5.41) is 11.2. The lowest BCUT2D eigenvalue weighted by atomic mass is 9.44. The Morgan fingerprint density at radius 3 is 1.93 bits per heavy atom. The van der Waals surface area contributed by atoms with E-state index in [1.807, 2.05) is 6.92 Å². The predicted octanol–water partition coefficient (Wildman–Crippen LogP) is 8.47. The van der Waals surface area contributed by atoms with E-state index >= 15 is 0 Å². The van der Waals surface area contributed by atoms with Crippen molar-refractivity contribution in [1.82, 2.24) is 0 Å². The zero-order valence-electron chi connectivity index (χ0n) is 28.2. The minimum Gasteiger partial charge on any atom is -0.456 e. The topological polar surface area (TPSA) is 65.0 Å². The quantitative estimate of drug-likeness (QED) is 0.247. The van der Waals surface area contributed by atoms with Crippen molar-refractivity contribution >= 4 is 22.6 Å². The molecule has 0 amide bonds. The fourth-order valence-corrected chi connectivity index (χ4v) is 11.8. The second-order valence-electron chi connectivity index (χ2n) is 17.8. The second-order valence-corrected chi connectivity index (χ2v) is 27.3. The summed E-state index contributed by atoms with van der Waals surface area (Å²) in [6.45, 7) is 30.2. The van der Waals surface area contributed by atoms with E-state index in [0.717, 1.165) is 25.7 Å². The highest BCUT2D eigenvalue weighted by Gasteiger charge is 2.71. The maximum atomic E-state index is 12.9. The molecule has 0 aromatic carbocycles. The molecule has 1 heterocycles. The molecule has 4 rings (SSSR count). The summed E-state index contributed by atoms with van der Waals surface area (Å²) in [5.74, 6) is 1.35.